The Morgan fingerprint density at radius 3 is 2.12 bits per heavy atom. The highest BCUT2D eigenvalue weighted by Crippen LogP contribution is 2.31. The van der Waals surface area contributed by atoms with Gasteiger partial charge in [0, 0.05) is 5.10 Å². The van der Waals surface area contributed by atoms with Gasteiger partial charge in [-0.05, 0) is 44.4 Å². The molecule has 3 rings (SSSR count). The van der Waals surface area contributed by atoms with E-state index < -0.39 is 47.4 Å². The standard InChI is InChI=1S/C23H27N5O6/c1-22(2,9-24)14-5-13(6-15(7-14)23(3,4)10-25)8-28-12-27(11-26-28)20-18(31)16(29)17(30)19(34-20)21(32)33/h5-7,11-12,16-20,29-31H,8H2,1-4H3/p+1/t16-,17-,18+,19-,20?/m0/s1. The van der Waals surface area contributed by atoms with Gasteiger partial charge in [0.15, 0.2) is 6.10 Å². The summed E-state index contributed by atoms with van der Waals surface area (Å²) in [6.07, 6.45) is -5.33. The third kappa shape index (κ3) is 4.79. The molecular weight excluding hydrogens is 442 g/mol. The Morgan fingerprint density at radius 2 is 1.62 bits per heavy atom. The topological polar surface area (TPSA) is 176 Å². The molecule has 180 valence electrons. The average molecular weight is 471 g/mol. The Hall–Kier alpha value is -3.35. The number of nitrogens with zero attached hydrogens (tertiary/aromatic N) is 5. The van der Waals surface area contributed by atoms with Gasteiger partial charge in [-0.3, -0.25) is 0 Å². The Kier molecular flexibility index (Phi) is 6.78. The van der Waals surface area contributed by atoms with Crippen LogP contribution in [0.15, 0.2) is 30.9 Å². The number of aromatic nitrogens is 3. The van der Waals surface area contributed by atoms with Crippen LogP contribution in [0.25, 0.3) is 0 Å². The number of carboxylic acids is 1. The number of aliphatic hydroxyl groups is 3. The maximum atomic E-state index is 11.4. The summed E-state index contributed by atoms with van der Waals surface area (Å²) < 4.78 is 8.14. The second kappa shape index (κ2) is 9.12. The number of ether oxygens (including phenoxy) is 1. The van der Waals surface area contributed by atoms with Gasteiger partial charge in [-0.25, -0.2) is 9.36 Å². The number of benzene rings is 1. The first kappa shape index (κ1) is 25.3. The summed E-state index contributed by atoms with van der Waals surface area (Å²) in [5.74, 6) is -1.47. The SMILES string of the molecule is CC(C)(C#N)c1cc(Cn2c[n+](C3O[C@H](C(=O)O)[C@@H](O)[C@H](O)[C@H]3O)cn2)cc(C(C)(C)C#N)c1. The lowest BCUT2D eigenvalue weighted by Crippen LogP contribution is -2.63. The molecule has 1 aliphatic heterocycles. The third-order valence-electron chi connectivity index (χ3n) is 6.07. The van der Waals surface area contributed by atoms with Crippen molar-refractivity contribution in [1.29, 1.82) is 10.5 Å². The second-order valence-corrected chi connectivity index (χ2v) is 9.54. The van der Waals surface area contributed by atoms with Crippen LogP contribution >= 0.6 is 0 Å². The molecule has 5 atom stereocenters. The molecule has 0 bridgehead atoms. The van der Waals surface area contributed by atoms with Crippen LogP contribution in [0.2, 0.25) is 0 Å². The van der Waals surface area contributed by atoms with E-state index in [0.29, 0.717) is 0 Å². The van der Waals surface area contributed by atoms with Crippen molar-refractivity contribution in [3.63, 3.8) is 0 Å². The second-order valence-electron chi connectivity index (χ2n) is 9.54. The molecule has 1 saturated heterocycles. The zero-order chi connectivity index (χ0) is 25.4. The maximum absolute atomic E-state index is 11.4. The van der Waals surface area contributed by atoms with Crippen molar-refractivity contribution >= 4 is 5.97 Å². The van der Waals surface area contributed by atoms with Crippen LogP contribution in [0.4, 0.5) is 0 Å². The number of hydrogen-bond acceptors (Lipinski definition) is 8. The Bertz CT molecular complexity index is 1120. The largest absolute Gasteiger partial charge is 0.479 e. The zero-order valence-electron chi connectivity index (χ0n) is 19.3. The van der Waals surface area contributed by atoms with Crippen LogP contribution < -0.4 is 4.57 Å². The number of rotatable bonds is 6. The minimum atomic E-state index is -1.78. The van der Waals surface area contributed by atoms with Gasteiger partial charge in [-0.15, -0.1) is 4.68 Å². The molecule has 2 heterocycles. The molecule has 0 amide bonds. The molecule has 0 aliphatic carbocycles. The molecule has 0 saturated carbocycles. The molecule has 1 fully saturated rings. The summed E-state index contributed by atoms with van der Waals surface area (Å²) in [7, 11) is 0. The molecule has 11 heteroatoms. The quantitative estimate of drug-likeness (QED) is 0.419. The monoisotopic (exact) mass is 470 g/mol. The normalized spacial score (nSPS) is 25.4. The predicted molar refractivity (Wildman–Crippen MR) is 115 cm³/mol. The maximum Gasteiger partial charge on any atom is 0.335 e. The first-order valence-corrected chi connectivity index (χ1v) is 10.6. The molecule has 4 N–H and O–H groups in total. The van der Waals surface area contributed by atoms with Gasteiger partial charge in [0.1, 0.15) is 24.9 Å². The van der Waals surface area contributed by atoms with Crippen molar-refractivity contribution in [2.45, 2.75) is 75.7 Å². The van der Waals surface area contributed by atoms with E-state index in [9.17, 15) is 35.7 Å². The summed E-state index contributed by atoms with van der Waals surface area (Å²) >= 11 is 0. The zero-order valence-corrected chi connectivity index (χ0v) is 19.3. The fourth-order valence-electron chi connectivity index (χ4n) is 3.69. The predicted octanol–water partition coefficient (Wildman–Crippen LogP) is -0.114. The number of aliphatic carboxylic acids is 1. The molecule has 1 aromatic heterocycles. The minimum Gasteiger partial charge on any atom is -0.479 e. The third-order valence-corrected chi connectivity index (χ3v) is 6.07. The van der Waals surface area contributed by atoms with Gasteiger partial charge < -0.3 is 25.2 Å². The lowest BCUT2D eigenvalue weighted by atomic mass is 9.79. The lowest BCUT2D eigenvalue weighted by molar-refractivity contribution is -0.777. The summed E-state index contributed by atoms with van der Waals surface area (Å²) in [5, 5.41) is 62.9. The molecular formula is C23H28N5O6+. The fourth-order valence-corrected chi connectivity index (χ4v) is 3.69. The van der Waals surface area contributed by atoms with Crippen LogP contribution in [-0.2, 0) is 26.9 Å². The first-order chi connectivity index (χ1) is 15.8. The Labute approximate surface area is 196 Å². The first-order valence-electron chi connectivity index (χ1n) is 10.6. The number of aliphatic hydroxyl groups excluding tert-OH is 3. The van der Waals surface area contributed by atoms with Gasteiger partial charge in [0.2, 0.25) is 12.6 Å². The molecule has 11 nitrogen and oxygen atoms in total. The van der Waals surface area contributed by atoms with E-state index >= 15 is 0 Å². The van der Waals surface area contributed by atoms with Crippen molar-refractivity contribution in [2.75, 3.05) is 0 Å². The van der Waals surface area contributed by atoms with Crippen molar-refractivity contribution in [3.05, 3.63) is 47.5 Å². The summed E-state index contributed by atoms with van der Waals surface area (Å²) in [4.78, 5) is 11.4. The van der Waals surface area contributed by atoms with Crippen LogP contribution in [0.1, 0.15) is 50.6 Å². The number of hydrogen-bond donors (Lipinski definition) is 4. The minimum absolute atomic E-state index is 0.243. The van der Waals surface area contributed by atoms with E-state index in [-0.39, 0.29) is 6.54 Å². The highest BCUT2D eigenvalue weighted by molar-refractivity contribution is 5.73. The smallest absolute Gasteiger partial charge is 0.335 e. The Morgan fingerprint density at radius 1 is 1.06 bits per heavy atom. The summed E-state index contributed by atoms with van der Waals surface area (Å²) in [5.41, 5.74) is 0.696. The van der Waals surface area contributed by atoms with E-state index in [1.807, 2.05) is 18.2 Å². The van der Waals surface area contributed by atoms with E-state index in [2.05, 4.69) is 17.2 Å². The van der Waals surface area contributed by atoms with E-state index in [4.69, 9.17) is 4.74 Å². The number of carbonyl (C=O) groups is 1. The summed E-state index contributed by atoms with van der Waals surface area (Å²) in [6.45, 7) is 7.40. The Balaban J connectivity index is 1.93. The van der Waals surface area contributed by atoms with Gasteiger partial charge in [0.25, 0.3) is 6.33 Å². The van der Waals surface area contributed by atoms with Gasteiger partial charge in [-0.1, -0.05) is 18.2 Å². The molecule has 1 aliphatic rings. The fraction of sp³-hybridized carbons (Fsp3) is 0.522. The van der Waals surface area contributed by atoms with E-state index in [0.717, 1.165) is 16.7 Å². The van der Waals surface area contributed by atoms with E-state index in [1.165, 1.54) is 21.9 Å². The molecule has 0 spiro atoms. The molecule has 34 heavy (non-hydrogen) atoms. The number of carboxylic acid groups (broad SMARTS) is 1. The molecule has 2 aromatic rings. The van der Waals surface area contributed by atoms with E-state index in [1.54, 1.807) is 27.7 Å². The van der Waals surface area contributed by atoms with Gasteiger partial charge in [-0.2, -0.15) is 10.5 Å². The van der Waals surface area contributed by atoms with Crippen LogP contribution in [0, 0.1) is 22.7 Å². The van der Waals surface area contributed by atoms with Crippen molar-refractivity contribution < 1.29 is 34.5 Å². The highest BCUT2D eigenvalue weighted by Gasteiger charge is 2.49. The number of nitriles is 2. The van der Waals surface area contributed by atoms with Gasteiger partial charge in [0.05, 0.1) is 23.0 Å². The molecule has 0 radical (unpaired) electrons. The average Bonchev–Trinajstić information content (AvgIpc) is 3.25. The van der Waals surface area contributed by atoms with Crippen LogP contribution in [0.5, 0.6) is 0 Å². The van der Waals surface area contributed by atoms with Crippen molar-refractivity contribution in [2.24, 2.45) is 0 Å². The molecule has 1 aromatic carbocycles. The highest BCUT2D eigenvalue weighted by atomic mass is 16.6. The van der Waals surface area contributed by atoms with Crippen LogP contribution in [-0.4, -0.2) is 60.6 Å². The van der Waals surface area contributed by atoms with Crippen molar-refractivity contribution in [3.8, 4) is 12.1 Å². The molecule has 1 unspecified atom stereocenters. The van der Waals surface area contributed by atoms with Crippen molar-refractivity contribution in [1.82, 2.24) is 9.78 Å². The lowest BCUT2D eigenvalue weighted by Gasteiger charge is -2.37. The van der Waals surface area contributed by atoms with Gasteiger partial charge >= 0.3 is 5.97 Å². The summed E-state index contributed by atoms with van der Waals surface area (Å²) in [6, 6.07) is 10.1. The van der Waals surface area contributed by atoms with Crippen LogP contribution in [0.3, 0.4) is 0 Å².